The highest BCUT2D eigenvalue weighted by Gasteiger charge is 2.37. The summed E-state index contributed by atoms with van der Waals surface area (Å²) in [6, 6.07) is 22.5. The lowest BCUT2D eigenvalue weighted by Gasteiger charge is -2.34. The van der Waals surface area contributed by atoms with Crippen molar-refractivity contribution in [3.63, 3.8) is 0 Å². The average molecular weight is 434 g/mol. The second-order valence-electron chi connectivity index (χ2n) is 7.93. The molecule has 1 heterocycles. The molecule has 0 spiro atoms. The summed E-state index contributed by atoms with van der Waals surface area (Å²) in [6.45, 7) is 3.63. The Kier molecular flexibility index (Phi) is 5.18. The molecule has 2 aliphatic rings. The highest BCUT2D eigenvalue weighted by atomic mass is 35.5. The third-order valence-corrected chi connectivity index (χ3v) is 6.48. The van der Waals surface area contributed by atoms with Gasteiger partial charge < -0.3 is 4.90 Å². The number of rotatable bonds is 4. The normalized spacial score (nSPS) is 16.5. The van der Waals surface area contributed by atoms with Crippen LogP contribution in [0.25, 0.3) is 11.1 Å². The van der Waals surface area contributed by atoms with Crippen LogP contribution in [-0.2, 0) is 0 Å². The van der Waals surface area contributed by atoms with Crippen molar-refractivity contribution in [2.75, 3.05) is 26.2 Å². The zero-order valence-electron chi connectivity index (χ0n) is 16.9. The molecule has 1 aliphatic carbocycles. The third kappa shape index (κ3) is 3.69. The molecule has 1 fully saturated rings. The number of nitrogens with one attached hydrogen (secondary N) is 1. The van der Waals surface area contributed by atoms with Crippen LogP contribution < -0.4 is 4.90 Å². The summed E-state index contributed by atoms with van der Waals surface area (Å²) in [6.07, 6.45) is 1.68. The number of quaternary nitrogens is 1. The molecule has 0 aromatic heterocycles. The summed E-state index contributed by atoms with van der Waals surface area (Å²) in [4.78, 5) is 12.2. The van der Waals surface area contributed by atoms with Gasteiger partial charge in [0.2, 0.25) is 0 Å². The van der Waals surface area contributed by atoms with Crippen molar-refractivity contribution in [3.8, 4) is 11.1 Å². The molecule has 5 rings (SSSR count). The Bertz CT molecular complexity index is 1130. The number of nitrogens with zero attached hydrogens (tertiary/aromatic N) is 3. The third-order valence-electron chi connectivity index (χ3n) is 6.16. The summed E-state index contributed by atoms with van der Waals surface area (Å²) < 4.78 is 0. The predicted octanol–water partition coefficient (Wildman–Crippen LogP) is 3.55. The van der Waals surface area contributed by atoms with E-state index in [1.54, 1.807) is 17.2 Å². The zero-order chi connectivity index (χ0) is 21.4. The van der Waals surface area contributed by atoms with Crippen molar-refractivity contribution in [1.29, 1.82) is 0 Å². The van der Waals surface area contributed by atoms with Crippen LogP contribution >= 0.6 is 11.6 Å². The van der Waals surface area contributed by atoms with Crippen LogP contribution in [0.1, 0.15) is 22.7 Å². The first-order valence-electron chi connectivity index (χ1n) is 10.4. The Hall–Kier alpha value is -3.22. The number of hydrogen-bond acceptors (Lipinski definition) is 4. The predicted molar refractivity (Wildman–Crippen MR) is 122 cm³/mol. The molecule has 0 atom stereocenters. The molecule has 156 valence electrons. The Morgan fingerprint density at radius 2 is 1.61 bits per heavy atom. The lowest BCUT2D eigenvalue weighted by Crippen LogP contribution is -3.14. The maximum Gasteiger partial charge on any atom is 0.288 e. The van der Waals surface area contributed by atoms with Crippen LogP contribution in [0.3, 0.4) is 0 Å². The Labute approximate surface area is 185 Å². The second kappa shape index (κ2) is 8.13. The summed E-state index contributed by atoms with van der Waals surface area (Å²) in [5.74, 6) is 0. The Morgan fingerprint density at radius 3 is 2.23 bits per heavy atom. The van der Waals surface area contributed by atoms with Crippen LogP contribution in [0, 0.1) is 10.1 Å². The molecule has 0 amide bonds. The van der Waals surface area contributed by atoms with Gasteiger partial charge in [0.1, 0.15) is 11.1 Å². The van der Waals surface area contributed by atoms with Crippen molar-refractivity contribution in [3.05, 3.63) is 98.6 Å². The number of piperazine rings is 1. The van der Waals surface area contributed by atoms with E-state index >= 15 is 0 Å². The van der Waals surface area contributed by atoms with E-state index in [2.05, 4.69) is 53.6 Å². The van der Waals surface area contributed by atoms with Crippen molar-refractivity contribution in [1.82, 2.24) is 5.01 Å². The topological polar surface area (TPSA) is 63.2 Å². The first-order chi connectivity index (χ1) is 15.1. The van der Waals surface area contributed by atoms with Crippen molar-refractivity contribution in [2.45, 2.75) is 6.04 Å². The molecule has 0 radical (unpaired) electrons. The molecule has 7 heteroatoms. The largest absolute Gasteiger partial charge is 0.322 e. The van der Waals surface area contributed by atoms with E-state index in [0.29, 0.717) is 11.6 Å². The molecule has 6 nitrogen and oxygen atoms in total. The summed E-state index contributed by atoms with van der Waals surface area (Å²) in [5.41, 5.74) is 6.08. The highest BCUT2D eigenvalue weighted by Crippen LogP contribution is 2.41. The highest BCUT2D eigenvalue weighted by molar-refractivity contribution is 6.32. The van der Waals surface area contributed by atoms with Gasteiger partial charge in [-0.2, -0.15) is 5.10 Å². The summed E-state index contributed by atoms with van der Waals surface area (Å²) >= 11 is 5.89. The number of fused-ring (bicyclic) bond motifs is 3. The van der Waals surface area contributed by atoms with Gasteiger partial charge in [-0.25, -0.2) is 0 Å². The first kappa shape index (κ1) is 19.7. The maximum absolute atomic E-state index is 11.1. The number of nitro groups is 1. The maximum atomic E-state index is 11.1. The van der Waals surface area contributed by atoms with E-state index in [-0.39, 0.29) is 10.7 Å². The number of nitro benzene ring substituents is 1. The minimum atomic E-state index is -0.473. The number of benzene rings is 3. The van der Waals surface area contributed by atoms with Gasteiger partial charge in [-0.15, -0.1) is 0 Å². The molecule has 0 saturated carbocycles. The number of hydrogen-bond donors (Lipinski definition) is 1. The smallest absolute Gasteiger partial charge is 0.288 e. The molecule has 3 aromatic carbocycles. The molecule has 3 aromatic rings. The van der Waals surface area contributed by atoms with Crippen molar-refractivity contribution >= 4 is 23.5 Å². The van der Waals surface area contributed by atoms with Gasteiger partial charge >= 0.3 is 0 Å². The minimum absolute atomic E-state index is 0.0987. The second-order valence-corrected chi connectivity index (χ2v) is 8.34. The van der Waals surface area contributed by atoms with E-state index in [1.165, 1.54) is 34.4 Å². The zero-order valence-corrected chi connectivity index (χ0v) is 17.6. The van der Waals surface area contributed by atoms with Gasteiger partial charge in [0, 0.05) is 22.8 Å². The fraction of sp³-hybridized carbons (Fsp3) is 0.208. The fourth-order valence-corrected chi connectivity index (χ4v) is 4.87. The van der Waals surface area contributed by atoms with Crippen LogP contribution in [-0.4, -0.2) is 42.3 Å². The minimum Gasteiger partial charge on any atom is -0.322 e. The van der Waals surface area contributed by atoms with Gasteiger partial charge in [0.05, 0.1) is 37.3 Å². The van der Waals surface area contributed by atoms with Crippen molar-refractivity contribution < 1.29 is 9.82 Å². The molecule has 1 saturated heterocycles. The molecule has 1 N–H and O–H groups in total. The van der Waals surface area contributed by atoms with Crippen LogP contribution in [0.2, 0.25) is 5.02 Å². The molecule has 31 heavy (non-hydrogen) atoms. The van der Waals surface area contributed by atoms with E-state index in [4.69, 9.17) is 11.6 Å². The molecule has 1 aliphatic heterocycles. The Balaban J connectivity index is 1.30. The summed E-state index contributed by atoms with van der Waals surface area (Å²) in [7, 11) is 0. The summed E-state index contributed by atoms with van der Waals surface area (Å²) in [5, 5.41) is 17.8. The van der Waals surface area contributed by atoms with E-state index in [1.807, 2.05) is 5.01 Å². The van der Waals surface area contributed by atoms with E-state index in [9.17, 15) is 10.1 Å². The Morgan fingerprint density at radius 1 is 1.00 bits per heavy atom. The molecule has 0 unspecified atom stereocenters. The standard InChI is InChI=1S/C24H21ClN4O2/c25-22-10-9-17(15-23(22)29(30)31)16-26-28-13-11-27(12-14-28)24-20-7-3-1-5-18(20)19-6-2-4-8-21(19)24/h1-10,15-16,24H,11-14H2/p+1/b26-16+. The quantitative estimate of drug-likeness (QED) is 0.389. The van der Waals surface area contributed by atoms with Gasteiger partial charge in [0.25, 0.3) is 5.69 Å². The lowest BCUT2D eigenvalue weighted by atomic mass is 10.0. The SMILES string of the molecule is O=[N+]([O-])c1cc(/C=N/N2CC[NH+](C3c4ccccc4-c4ccccc43)CC2)ccc1Cl. The van der Waals surface area contributed by atoms with E-state index in [0.717, 1.165) is 26.2 Å². The number of hydrazone groups is 1. The molecular formula is C24H22ClN4O2+. The first-order valence-corrected chi connectivity index (χ1v) is 10.8. The van der Waals surface area contributed by atoms with Crippen molar-refractivity contribution in [2.24, 2.45) is 5.10 Å². The van der Waals surface area contributed by atoms with Gasteiger partial charge in [-0.1, -0.05) is 66.2 Å². The lowest BCUT2D eigenvalue weighted by molar-refractivity contribution is -0.929. The monoisotopic (exact) mass is 433 g/mol. The molecular weight excluding hydrogens is 412 g/mol. The van der Waals surface area contributed by atoms with Crippen LogP contribution in [0.5, 0.6) is 0 Å². The fourth-order valence-electron chi connectivity index (χ4n) is 4.68. The van der Waals surface area contributed by atoms with Crippen LogP contribution in [0.15, 0.2) is 71.8 Å². The van der Waals surface area contributed by atoms with Gasteiger partial charge in [-0.05, 0) is 17.2 Å². The number of halogens is 1. The van der Waals surface area contributed by atoms with Gasteiger partial charge in [0.15, 0.2) is 0 Å². The van der Waals surface area contributed by atoms with E-state index < -0.39 is 4.92 Å². The van der Waals surface area contributed by atoms with Gasteiger partial charge in [-0.3, -0.25) is 15.1 Å². The average Bonchev–Trinajstić information content (AvgIpc) is 3.13. The molecule has 0 bridgehead atoms. The van der Waals surface area contributed by atoms with Crippen LogP contribution in [0.4, 0.5) is 5.69 Å².